The van der Waals surface area contributed by atoms with Crippen molar-refractivity contribution in [2.24, 2.45) is 0 Å². The van der Waals surface area contributed by atoms with E-state index in [1.807, 2.05) is 0 Å². The average molecular weight is 386 g/mol. The predicted molar refractivity (Wildman–Crippen MR) is 106 cm³/mol. The molecule has 0 fully saturated rings. The maximum Gasteiger partial charge on any atom is 0.206 e. The summed E-state index contributed by atoms with van der Waals surface area (Å²) in [4.78, 5) is 8.93. The molecule has 0 radical (unpaired) electrons. The Morgan fingerprint density at radius 2 is 1.64 bits per heavy atom. The maximum atomic E-state index is 12.7. The number of nitriles is 1. The van der Waals surface area contributed by atoms with Crippen LogP contribution < -0.4 is 5.32 Å². The Hall–Kier alpha value is -3.76. The third-order valence-corrected chi connectivity index (χ3v) is 6.01. The molecule has 0 unspecified atom stereocenters. The van der Waals surface area contributed by atoms with Gasteiger partial charge in [-0.1, -0.05) is 18.2 Å². The Labute approximate surface area is 162 Å². The molecule has 0 bridgehead atoms. The minimum Gasteiger partial charge on any atom is -0.339 e. The fourth-order valence-electron chi connectivity index (χ4n) is 2.79. The van der Waals surface area contributed by atoms with E-state index in [0.717, 1.165) is 5.39 Å². The number of pyridine rings is 2. The van der Waals surface area contributed by atoms with Gasteiger partial charge in [-0.25, -0.2) is 13.4 Å². The van der Waals surface area contributed by atoms with Crippen molar-refractivity contribution in [3.63, 3.8) is 0 Å². The zero-order valence-electron chi connectivity index (χ0n) is 14.6. The van der Waals surface area contributed by atoms with E-state index >= 15 is 0 Å². The van der Waals surface area contributed by atoms with E-state index < -0.39 is 9.84 Å². The fourth-order valence-corrected chi connectivity index (χ4v) is 4.07. The second kappa shape index (κ2) is 7.10. The topological polar surface area (TPSA) is 95.7 Å². The van der Waals surface area contributed by atoms with Crippen LogP contribution in [0.25, 0.3) is 10.9 Å². The van der Waals surface area contributed by atoms with Crippen LogP contribution in [0, 0.1) is 11.3 Å². The molecule has 4 aromatic rings. The SMILES string of the molecule is N#Cc1cc2ccncc2nc1Nc1ccc(S(=O)(=O)c2ccccc2)cc1. The first-order chi connectivity index (χ1) is 13.6. The van der Waals surface area contributed by atoms with Crippen LogP contribution in [-0.4, -0.2) is 18.4 Å². The highest BCUT2D eigenvalue weighted by atomic mass is 32.2. The summed E-state index contributed by atoms with van der Waals surface area (Å²) in [5.41, 5.74) is 1.67. The smallest absolute Gasteiger partial charge is 0.206 e. The van der Waals surface area contributed by atoms with E-state index in [1.165, 1.54) is 12.1 Å². The van der Waals surface area contributed by atoms with Crippen LogP contribution in [0.2, 0.25) is 0 Å². The van der Waals surface area contributed by atoms with E-state index in [1.54, 1.807) is 67.0 Å². The number of fused-ring (bicyclic) bond motifs is 1. The molecular formula is C21H14N4O2S. The van der Waals surface area contributed by atoms with Gasteiger partial charge in [-0.05, 0) is 48.5 Å². The van der Waals surface area contributed by atoms with Crippen molar-refractivity contribution >= 4 is 32.2 Å². The van der Waals surface area contributed by atoms with Crippen LogP contribution in [0.3, 0.4) is 0 Å². The Balaban J connectivity index is 1.66. The number of sulfone groups is 1. The van der Waals surface area contributed by atoms with Gasteiger partial charge >= 0.3 is 0 Å². The van der Waals surface area contributed by atoms with Gasteiger partial charge in [0, 0.05) is 17.3 Å². The zero-order valence-corrected chi connectivity index (χ0v) is 15.4. The van der Waals surface area contributed by atoms with Crippen LogP contribution in [0.5, 0.6) is 0 Å². The van der Waals surface area contributed by atoms with Crippen molar-refractivity contribution in [2.75, 3.05) is 5.32 Å². The molecule has 0 aliphatic carbocycles. The third-order valence-electron chi connectivity index (χ3n) is 4.22. The Morgan fingerprint density at radius 1 is 0.929 bits per heavy atom. The monoisotopic (exact) mass is 386 g/mol. The molecule has 136 valence electrons. The summed E-state index contributed by atoms with van der Waals surface area (Å²) in [6.45, 7) is 0. The highest BCUT2D eigenvalue weighted by molar-refractivity contribution is 7.91. The molecular weight excluding hydrogens is 372 g/mol. The summed E-state index contributed by atoms with van der Waals surface area (Å²) in [6, 6.07) is 20.3. The number of rotatable bonds is 4. The van der Waals surface area contributed by atoms with Crippen LogP contribution in [-0.2, 0) is 9.84 Å². The molecule has 0 aliphatic heterocycles. The van der Waals surface area contributed by atoms with Gasteiger partial charge in [0.1, 0.15) is 11.9 Å². The van der Waals surface area contributed by atoms with Crippen LogP contribution in [0.1, 0.15) is 5.56 Å². The zero-order chi connectivity index (χ0) is 19.6. The molecule has 4 rings (SSSR count). The van der Waals surface area contributed by atoms with Gasteiger partial charge in [-0.2, -0.15) is 5.26 Å². The van der Waals surface area contributed by atoms with E-state index in [0.29, 0.717) is 22.6 Å². The van der Waals surface area contributed by atoms with Gasteiger partial charge in [0.05, 0.1) is 27.1 Å². The van der Waals surface area contributed by atoms with Crippen LogP contribution in [0.15, 0.2) is 88.9 Å². The Kier molecular flexibility index (Phi) is 4.47. The standard InChI is InChI=1S/C21H14N4O2S/c22-13-16-12-15-10-11-23-14-20(15)25-21(16)24-17-6-8-19(9-7-17)28(26,27)18-4-2-1-3-5-18/h1-12,14H,(H,24,25). The summed E-state index contributed by atoms with van der Waals surface area (Å²) in [5.74, 6) is 0.390. The summed E-state index contributed by atoms with van der Waals surface area (Å²) < 4.78 is 25.3. The molecule has 0 amide bonds. The van der Waals surface area contributed by atoms with Gasteiger partial charge < -0.3 is 5.32 Å². The Bertz CT molecular complexity index is 1300. The lowest BCUT2D eigenvalue weighted by molar-refractivity contribution is 0.596. The lowest BCUT2D eigenvalue weighted by Crippen LogP contribution is -2.02. The molecule has 0 atom stereocenters. The van der Waals surface area contributed by atoms with E-state index in [2.05, 4.69) is 21.4 Å². The molecule has 2 aromatic carbocycles. The van der Waals surface area contributed by atoms with Crippen molar-refractivity contribution in [2.45, 2.75) is 9.79 Å². The normalized spacial score (nSPS) is 11.1. The van der Waals surface area contributed by atoms with Gasteiger partial charge in [0.25, 0.3) is 0 Å². The van der Waals surface area contributed by atoms with E-state index in [9.17, 15) is 13.7 Å². The second-order valence-electron chi connectivity index (χ2n) is 6.03. The molecule has 0 spiro atoms. The first-order valence-corrected chi connectivity index (χ1v) is 9.88. The number of benzene rings is 2. The van der Waals surface area contributed by atoms with Crippen molar-refractivity contribution in [3.8, 4) is 6.07 Å². The van der Waals surface area contributed by atoms with Crippen LogP contribution in [0.4, 0.5) is 11.5 Å². The lowest BCUT2D eigenvalue weighted by atomic mass is 10.2. The average Bonchev–Trinajstić information content (AvgIpc) is 2.74. The molecule has 0 aliphatic rings. The fraction of sp³-hybridized carbons (Fsp3) is 0. The minimum absolute atomic E-state index is 0.195. The van der Waals surface area contributed by atoms with Crippen molar-refractivity contribution in [1.29, 1.82) is 5.26 Å². The molecule has 6 nitrogen and oxygen atoms in total. The quantitative estimate of drug-likeness (QED) is 0.568. The second-order valence-corrected chi connectivity index (χ2v) is 7.98. The van der Waals surface area contributed by atoms with Gasteiger partial charge in [-0.15, -0.1) is 0 Å². The molecule has 7 heteroatoms. The summed E-state index contributed by atoms with van der Waals surface area (Å²) >= 11 is 0. The number of aromatic nitrogens is 2. The lowest BCUT2D eigenvalue weighted by Gasteiger charge is -2.10. The third kappa shape index (κ3) is 3.29. The molecule has 0 saturated carbocycles. The van der Waals surface area contributed by atoms with Crippen molar-refractivity contribution in [3.05, 3.63) is 84.7 Å². The molecule has 1 N–H and O–H groups in total. The largest absolute Gasteiger partial charge is 0.339 e. The maximum absolute atomic E-state index is 12.7. The summed E-state index contributed by atoms with van der Waals surface area (Å²) in [6.07, 6.45) is 3.27. The Morgan fingerprint density at radius 3 is 2.36 bits per heavy atom. The first-order valence-electron chi connectivity index (χ1n) is 8.40. The summed E-state index contributed by atoms with van der Waals surface area (Å²) in [5, 5.41) is 13.3. The molecule has 2 aromatic heterocycles. The molecule has 28 heavy (non-hydrogen) atoms. The van der Waals surface area contributed by atoms with Gasteiger partial charge in [-0.3, -0.25) is 4.98 Å². The molecule has 2 heterocycles. The highest BCUT2D eigenvalue weighted by Crippen LogP contribution is 2.25. The van der Waals surface area contributed by atoms with Gasteiger partial charge in [0.2, 0.25) is 9.84 Å². The summed E-state index contributed by atoms with van der Waals surface area (Å²) in [7, 11) is -3.57. The number of anilines is 2. The number of hydrogen-bond acceptors (Lipinski definition) is 6. The van der Waals surface area contributed by atoms with E-state index in [4.69, 9.17) is 0 Å². The van der Waals surface area contributed by atoms with Crippen molar-refractivity contribution in [1.82, 2.24) is 9.97 Å². The van der Waals surface area contributed by atoms with Crippen molar-refractivity contribution < 1.29 is 8.42 Å². The minimum atomic E-state index is -3.57. The number of hydrogen-bond donors (Lipinski definition) is 1. The highest BCUT2D eigenvalue weighted by Gasteiger charge is 2.17. The number of nitrogens with zero attached hydrogens (tertiary/aromatic N) is 3. The molecule has 0 saturated heterocycles. The predicted octanol–water partition coefficient (Wildman–Crippen LogP) is 4.08. The van der Waals surface area contributed by atoms with E-state index in [-0.39, 0.29) is 9.79 Å². The number of nitrogens with one attached hydrogen (secondary N) is 1. The van der Waals surface area contributed by atoms with Gasteiger partial charge in [0.15, 0.2) is 0 Å². The van der Waals surface area contributed by atoms with Crippen LogP contribution >= 0.6 is 0 Å². The first kappa shape index (κ1) is 17.6.